The van der Waals surface area contributed by atoms with E-state index in [1.807, 2.05) is 54.6 Å². The lowest BCUT2D eigenvalue weighted by Gasteiger charge is -2.36. The predicted octanol–water partition coefficient (Wildman–Crippen LogP) is 2.99. The molecule has 2 amide bonds. The second kappa shape index (κ2) is 7.75. The number of amides is 2. The highest BCUT2D eigenvalue weighted by Gasteiger charge is 2.38. The molecule has 1 aromatic heterocycles. The van der Waals surface area contributed by atoms with Gasteiger partial charge in [0.15, 0.2) is 0 Å². The summed E-state index contributed by atoms with van der Waals surface area (Å²) in [5.41, 5.74) is 5.17. The summed E-state index contributed by atoms with van der Waals surface area (Å²) in [6.45, 7) is 0.316. The number of benzene rings is 2. The first-order chi connectivity index (χ1) is 14.7. The minimum atomic E-state index is -0.645. The third-order valence-electron chi connectivity index (χ3n) is 6.03. The SMILES string of the molecule is O=C(NC1Cc2ccccc2C1)C1c2ccccc2CC(=O)N1Cc1ccccn1. The maximum atomic E-state index is 13.5. The van der Waals surface area contributed by atoms with Gasteiger partial charge in [0.05, 0.1) is 18.7 Å². The maximum absolute atomic E-state index is 13.5. The molecular weight excluding hydrogens is 374 g/mol. The van der Waals surface area contributed by atoms with E-state index >= 15 is 0 Å². The Balaban J connectivity index is 1.43. The van der Waals surface area contributed by atoms with E-state index in [9.17, 15) is 9.59 Å². The van der Waals surface area contributed by atoms with Crippen molar-refractivity contribution in [1.29, 1.82) is 0 Å². The molecule has 1 aliphatic carbocycles. The minimum Gasteiger partial charge on any atom is -0.351 e. The standard InChI is InChI=1S/C25H23N3O2/c29-23-15-19-9-3-4-11-22(19)24(28(23)16-20-10-5-6-12-26-20)25(30)27-21-13-17-7-1-2-8-18(17)14-21/h1-12,21,24H,13-16H2,(H,27,30). The van der Waals surface area contributed by atoms with Crippen molar-refractivity contribution in [3.05, 3.63) is 101 Å². The highest BCUT2D eigenvalue weighted by atomic mass is 16.2. The molecule has 2 heterocycles. The molecule has 2 aromatic carbocycles. The fraction of sp³-hybridized carbons (Fsp3) is 0.240. The third kappa shape index (κ3) is 3.47. The Hall–Kier alpha value is -3.47. The van der Waals surface area contributed by atoms with Crippen LogP contribution < -0.4 is 5.32 Å². The Morgan fingerprint density at radius 1 is 0.933 bits per heavy atom. The summed E-state index contributed by atoms with van der Waals surface area (Å²) < 4.78 is 0. The molecule has 1 aliphatic heterocycles. The van der Waals surface area contributed by atoms with E-state index in [0.29, 0.717) is 13.0 Å². The zero-order chi connectivity index (χ0) is 20.5. The van der Waals surface area contributed by atoms with Crippen LogP contribution >= 0.6 is 0 Å². The number of hydrogen-bond acceptors (Lipinski definition) is 3. The molecule has 3 aromatic rings. The first-order valence-corrected chi connectivity index (χ1v) is 10.3. The molecule has 5 rings (SSSR count). The van der Waals surface area contributed by atoms with Crippen LogP contribution in [0.3, 0.4) is 0 Å². The van der Waals surface area contributed by atoms with Gasteiger partial charge in [0, 0.05) is 12.2 Å². The third-order valence-corrected chi connectivity index (χ3v) is 6.03. The predicted molar refractivity (Wildman–Crippen MR) is 113 cm³/mol. The van der Waals surface area contributed by atoms with Crippen molar-refractivity contribution in [2.24, 2.45) is 0 Å². The quantitative estimate of drug-likeness (QED) is 0.736. The van der Waals surface area contributed by atoms with Gasteiger partial charge in [-0.05, 0) is 47.2 Å². The summed E-state index contributed by atoms with van der Waals surface area (Å²) in [7, 11) is 0. The van der Waals surface area contributed by atoms with Crippen LogP contribution in [0.25, 0.3) is 0 Å². The average Bonchev–Trinajstić information content (AvgIpc) is 3.17. The maximum Gasteiger partial charge on any atom is 0.247 e. The van der Waals surface area contributed by atoms with Gasteiger partial charge in [0.1, 0.15) is 6.04 Å². The van der Waals surface area contributed by atoms with E-state index in [1.54, 1.807) is 11.1 Å². The molecule has 1 N–H and O–H groups in total. The van der Waals surface area contributed by atoms with Gasteiger partial charge in [-0.2, -0.15) is 0 Å². The molecular formula is C25H23N3O2. The summed E-state index contributed by atoms with van der Waals surface area (Å²) in [4.78, 5) is 32.5. The molecule has 5 nitrogen and oxygen atoms in total. The molecule has 0 radical (unpaired) electrons. The lowest BCUT2D eigenvalue weighted by molar-refractivity contribution is -0.142. The number of carbonyl (C=O) groups is 2. The summed E-state index contributed by atoms with van der Waals surface area (Å²) in [5.74, 6) is -0.168. The second-order valence-electron chi connectivity index (χ2n) is 8.00. The molecule has 1 unspecified atom stereocenters. The zero-order valence-corrected chi connectivity index (χ0v) is 16.6. The van der Waals surface area contributed by atoms with Crippen LogP contribution in [0.15, 0.2) is 72.9 Å². The molecule has 0 saturated carbocycles. The number of rotatable bonds is 4. The Kier molecular flexibility index (Phi) is 4.79. The van der Waals surface area contributed by atoms with Crippen LogP contribution in [0.4, 0.5) is 0 Å². The number of hydrogen-bond donors (Lipinski definition) is 1. The summed E-state index contributed by atoms with van der Waals surface area (Å²) in [6, 6.07) is 21.1. The first kappa shape index (κ1) is 18.6. The minimum absolute atomic E-state index is 0.0470. The van der Waals surface area contributed by atoms with Gasteiger partial charge in [-0.1, -0.05) is 54.6 Å². The van der Waals surface area contributed by atoms with Gasteiger partial charge in [-0.3, -0.25) is 14.6 Å². The van der Waals surface area contributed by atoms with Crippen LogP contribution in [0.5, 0.6) is 0 Å². The lowest BCUT2D eigenvalue weighted by Crippen LogP contribution is -2.49. The summed E-state index contributed by atoms with van der Waals surface area (Å²) in [6.07, 6.45) is 3.67. The van der Waals surface area contributed by atoms with Crippen molar-refractivity contribution >= 4 is 11.8 Å². The Morgan fingerprint density at radius 3 is 2.30 bits per heavy atom. The molecule has 0 spiro atoms. The monoisotopic (exact) mass is 397 g/mol. The first-order valence-electron chi connectivity index (χ1n) is 10.3. The fourth-order valence-electron chi connectivity index (χ4n) is 4.61. The van der Waals surface area contributed by atoms with Gasteiger partial charge in [-0.15, -0.1) is 0 Å². The van der Waals surface area contributed by atoms with Crippen LogP contribution in [-0.2, 0) is 35.4 Å². The van der Waals surface area contributed by atoms with E-state index in [0.717, 1.165) is 29.7 Å². The molecule has 2 aliphatic rings. The van der Waals surface area contributed by atoms with Crippen molar-refractivity contribution in [3.63, 3.8) is 0 Å². The van der Waals surface area contributed by atoms with Crippen molar-refractivity contribution < 1.29 is 9.59 Å². The molecule has 150 valence electrons. The number of pyridine rings is 1. The Morgan fingerprint density at radius 2 is 1.60 bits per heavy atom. The molecule has 0 bridgehead atoms. The largest absolute Gasteiger partial charge is 0.351 e. The Bertz CT molecular complexity index is 1070. The second-order valence-corrected chi connectivity index (χ2v) is 8.00. The number of carbonyl (C=O) groups excluding carboxylic acids is 2. The zero-order valence-electron chi connectivity index (χ0n) is 16.6. The van der Waals surface area contributed by atoms with Crippen LogP contribution in [0, 0.1) is 0 Å². The van der Waals surface area contributed by atoms with Gasteiger partial charge in [-0.25, -0.2) is 0 Å². The van der Waals surface area contributed by atoms with Crippen LogP contribution in [0.2, 0.25) is 0 Å². The number of nitrogens with zero attached hydrogens (tertiary/aromatic N) is 2. The van der Waals surface area contributed by atoms with Crippen molar-refractivity contribution in [1.82, 2.24) is 15.2 Å². The summed E-state index contributed by atoms with van der Waals surface area (Å²) in [5, 5.41) is 3.22. The van der Waals surface area contributed by atoms with E-state index in [4.69, 9.17) is 0 Å². The van der Waals surface area contributed by atoms with Crippen molar-refractivity contribution in [2.75, 3.05) is 0 Å². The summed E-state index contributed by atoms with van der Waals surface area (Å²) >= 11 is 0. The van der Waals surface area contributed by atoms with Crippen LogP contribution in [-0.4, -0.2) is 27.7 Å². The van der Waals surface area contributed by atoms with Gasteiger partial charge in [0.25, 0.3) is 0 Å². The smallest absolute Gasteiger partial charge is 0.247 e. The molecule has 0 fully saturated rings. The van der Waals surface area contributed by atoms with E-state index in [-0.39, 0.29) is 17.9 Å². The van der Waals surface area contributed by atoms with Crippen LogP contribution in [0.1, 0.15) is 34.0 Å². The number of nitrogens with one attached hydrogen (secondary N) is 1. The Labute approximate surface area is 175 Å². The number of fused-ring (bicyclic) bond motifs is 2. The number of aromatic nitrogens is 1. The normalized spacial score (nSPS) is 18.1. The van der Waals surface area contributed by atoms with Crippen molar-refractivity contribution in [2.45, 2.75) is 37.9 Å². The molecule has 0 saturated heterocycles. The lowest BCUT2D eigenvalue weighted by atomic mass is 9.91. The van der Waals surface area contributed by atoms with E-state index in [2.05, 4.69) is 22.4 Å². The highest BCUT2D eigenvalue weighted by Crippen LogP contribution is 2.32. The topological polar surface area (TPSA) is 62.3 Å². The van der Waals surface area contributed by atoms with E-state index in [1.165, 1.54) is 11.1 Å². The molecule has 5 heteroatoms. The highest BCUT2D eigenvalue weighted by molar-refractivity contribution is 5.92. The van der Waals surface area contributed by atoms with Crippen molar-refractivity contribution in [3.8, 4) is 0 Å². The molecule has 1 atom stereocenters. The average molecular weight is 397 g/mol. The van der Waals surface area contributed by atoms with E-state index < -0.39 is 6.04 Å². The fourth-order valence-corrected chi connectivity index (χ4v) is 4.61. The van der Waals surface area contributed by atoms with Gasteiger partial charge >= 0.3 is 0 Å². The van der Waals surface area contributed by atoms with Gasteiger partial charge < -0.3 is 10.2 Å². The molecule has 30 heavy (non-hydrogen) atoms. The van der Waals surface area contributed by atoms with Gasteiger partial charge in [0.2, 0.25) is 11.8 Å².